The predicted octanol–water partition coefficient (Wildman–Crippen LogP) is 1.84. The highest BCUT2D eigenvalue weighted by Crippen LogP contribution is 2.20. The van der Waals surface area contributed by atoms with Crippen LogP contribution >= 0.6 is 11.6 Å². The minimum atomic E-state index is -3.46. The van der Waals surface area contributed by atoms with E-state index in [9.17, 15) is 8.42 Å². The summed E-state index contributed by atoms with van der Waals surface area (Å²) in [6, 6.07) is 6.26. The third-order valence-corrected chi connectivity index (χ3v) is 4.85. The fourth-order valence-electron chi connectivity index (χ4n) is 1.81. The van der Waals surface area contributed by atoms with Crippen LogP contribution in [0.4, 0.5) is 0 Å². The molecule has 2 rings (SSSR count). The molecule has 1 aromatic carbocycles. The number of nitrogens with zero attached hydrogens (tertiary/aromatic N) is 1. The minimum Gasteiger partial charge on any atom is -0.488 e. The summed E-state index contributed by atoms with van der Waals surface area (Å²) in [7, 11) is -3.46. The number of halogens is 1. The third kappa shape index (κ3) is 3.73. The molecule has 5 nitrogen and oxygen atoms in total. The lowest BCUT2D eigenvalue weighted by atomic mass is 10.3. The molecule has 0 atom stereocenters. The summed E-state index contributed by atoms with van der Waals surface area (Å²) in [6.45, 7) is 5.33. The Balaban J connectivity index is 2.10. The van der Waals surface area contributed by atoms with Crippen molar-refractivity contribution in [2.24, 2.45) is 0 Å². The van der Waals surface area contributed by atoms with Crippen LogP contribution in [0.15, 0.2) is 40.8 Å². The standard InChI is InChI=1S/C13H16ClNO4S/c1-11(14)10-19-12-2-4-13(5-3-12)20(16,17)15-6-8-18-9-7-15/h2-5H,1,6-10H2. The van der Waals surface area contributed by atoms with Crippen molar-refractivity contribution in [2.45, 2.75) is 4.90 Å². The molecular weight excluding hydrogens is 302 g/mol. The Hall–Kier alpha value is -1.08. The van der Waals surface area contributed by atoms with Crippen molar-refractivity contribution < 1.29 is 17.9 Å². The van der Waals surface area contributed by atoms with E-state index in [1.807, 2.05) is 0 Å². The van der Waals surface area contributed by atoms with Crippen molar-refractivity contribution in [1.82, 2.24) is 4.31 Å². The van der Waals surface area contributed by atoms with Gasteiger partial charge in [-0.15, -0.1) is 0 Å². The summed E-state index contributed by atoms with van der Waals surface area (Å²) < 4.78 is 36.6. The maximum atomic E-state index is 12.4. The molecule has 0 unspecified atom stereocenters. The highest BCUT2D eigenvalue weighted by molar-refractivity contribution is 7.89. The molecule has 1 aliphatic heterocycles. The van der Waals surface area contributed by atoms with Gasteiger partial charge in [0.05, 0.1) is 18.1 Å². The van der Waals surface area contributed by atoms with Gasteiger partial charge in [0.1, 0.15) is 12.4 Å². The van der Waals surface area contributed by atoms with Gasteiger partial charge in [-0.1, -0.05) is 18.2 Å². The second-order valence-electron chi connectivity index (χ2n) is 4.29. The first kappa shape index (κ1) is 15.3. The molecule has 7 heteroatoms. The first-order valence-electron chi connectivity index (χ1n) is 6.14. The van der Waals surface area contributed by atoms with Gasteiger partial charge in [0.2, 0.25) is 10.0 Å². The Labute approximate surface area is 123 Å². The molecule has 1 heterocycles. The monoisotopic (exact) mass is 317 g/mol. The van der Waals surface area contributed by atoms with Crippen LogP contribution in [0.5, 0.6) is 5.75 Å². The predicted molar refractivity (Wildman–Crippen MR) is 76.5 cm³/mol. The number of sulfonamides is 1. The minimum absolute atomic E-state index is 0.192. The van der Waals surface area contributed by atoms with Gasteiger partial charge in [-0.25, -0.2) is 8.42 Å². The van der Waals surface area contributed by atoms with Crippen molar-refractivity contribution in [3.05, 3.63) is 35.9 Å². The van der Waals surface area contributed by atoms with Gasteiger partial charge in [-0.2, -0.15) is 4.31 Å². The molecule has 0 spiro atoms. The van der Waals surface area contributed by atoms with Crippen molar-refractivity contribution >= 4 is 21.6 Å². The Morgan fingerprint density at radius 3 is 2.45 bits per heavy atom. The third-order valence-electron chi connectivity index (χ3n) is 2.83. The molecule has 1 fully saturated rings. The Morgan fingerprint density at radius 2 is 1.90 bits per heavy atom. The molecule has 0 aromatic heterocycles. The summed E-state index contributed by atoms with van der Waals surface area (Å²) in [5.41, 5.74) is 0. The summed E-state index contributed by atoms with van der Waals surface area (Å²) >= 11 is 5.60. The topological polar surface area (TPSA) is 55.8 Å². The van der Waals surface area contributed by atoms with Gasteiger partial charge in [0, 0.05) is 18.1 Å². The first-order chi connectivity index (χ1) is 9.50. The van der Waals surface area contributed by atoms with Gasteiger partial charge in [-0.05, 0) is 24.3 Å². The molecule has 1 saturated heterocycles. The average molecular weight is 318 g/mol. The van der Waals surface area contributed by atoms with E-state index < -0.39 is 10.0 Å². The normalized spacial score (nSPS) is 16.9. The highest BCUT2D eigenvalue weighted by Gasteiger charge is 2.26. The highest BCUT2D eigenvalue weighted by atomic mass is 35.5. The lowest BCUT2D eigenvalue weighted by Gasteiger charge is -2.26. The van der Waals surface area contributed by atoms with E-state index in [0.29, 0.717) is 37.1 Å². The maximum Gasteiger partial charge on any atom is 0.243 e. The average Bonchev–Trinajstić information content (AvgIpc) is 2.46. The summed E-state index contributed by atoms with van der Waals surface area (Å²) in [5, 5.41) is 0.384. The number of benzene rings is 1. The Kier molecular flexibility index (Phi) is 5.04. The number of rotatable bonds is 5. The summed E-state index contributed by atoms with van der Waals surface area (Å²) in [4.78, 5) is 0.247. The van der Waals surface area contributed by atoms with E-state index in [4.69, 9.17) is 21.1 Å². The SMILES string of the molecule is C=C(Cl)COc1ccc(S(=O)(=O)N2CCOCC2)cc1. The van der Waals surface area contributed by atoms with E-state index in [-0.39, 0.29) is 11.5 Å². The van der Waals surface area contributed by atoms with Crippen molar-refractivity contribution in [3.8, 4) is 5.75 Å². The van der Waals surface area contributed by atoms with E-state index in [0.717, 1.165) is 0 Å². The zero-order chi connectivity index (χ0) is 14.6. The van der Waals surface area contributed by atoms with E-state index >= 15 is 0 Å². The van der Waals surface area contributed by atoms with Crippen LogP contribution in [0, 0.1) is 0 Å². The number of ether oxygens (including phenoxy) is 2. The van der Waals surface area contributed by atoms with E-state index in [2.05, 4.69) is 6.58 Å². The molecule has 1 aromatic rings. The van der Waals surface area contributed by atoms with Crippen molar-refractivity contribution in [2.75, 3.05) is 32.9 Å². The molecule has 0 amide bonds. The van der Waals surface area contributed by atoms with Crippen LogP contribution < -0.4 is 4.74 Å². The number of morpholine rings is 1. The molecule has 0 aliphatic carbocycles. The van der Waals surface area contributed by atoms with Crippen LogP contribution in [-0.2, 0) is 14.8 Å². The second kappa shape index (κ2) is 6.58. The van der Waals surface area contributed by atoms with E-state index in [1.165, 1.54) is 16.4 Å². The summed E-state index contributed by atoms with van der Waals surface area (Å²) in [6.07, 6.45) is 0. The quantitative estimate of drug-likeness (QED) is 0.831. The van der Waals surface area contributed by atoms with Gasteiger partial charge in [0.25, 0.3) is 0 Å². The van der Waals surface area contributed by atoms with Crippen LogP contribution in [0.25, 0.3) is 0 Å². The molecule has 20 heavy (non-hydrogen) atoms. The zero-order valence-corrected chi connectivity index (χ0v) is 12.5. The lowest BCUT2D eigenvalue weighted by molar-refractivity contribution is 0.0730. The van der Waals surface area contributed by atoms with E-state index in [1.54, 1.807) is 12.1 Å². The summed E-state index contributed by atoms with van der Waals surface area (Å²) in [5.74, 6) is 0.549. The molecule has 0 bridgehead atoms. The molecule has 1 aliphatic rings. The zero-order valence-electron chi connectivity index (χ0n) is 10.9. The van der Waals surface area contributed by atoms with Crippen LogP contribution in [0.1, 0.15) is 0 Å². The fourth-order valence-corrected chi connectivity index (χ4v) is 3.27. The van der Waals surface area contributed by atoms with Gasteiger partial charge >= 0.3 is 0 Å². The maximum absolute atomic E-state index is 12.4. The lowest BCUT2D eigenvalue weighted by Crippen LogP contribution is -2.40. The van der Waals surface area contributed by atoms with Gasteiger partial charge < -0.3 is 9.47 Å². The molecule has 0 radical (unpaired) electrons. The van der Waals surface area contributed by atoms with Crippen molar-refractivity contribution in [1.29, 1.82) is 0 Å². The largest absolute Gasteiger partial charge is 0.488 e. The van der Waals surface area contributed by atoms with Crippen LogP contribution in [0.3, 0.4) is 0 Å². The first-order valence-corrected chi connectivity index (χ1v) is 7.96. The Morgan fingerprint density at radius 1 is 1.30 bits per heavy atom. The smallest absolute Gasteiger partial charge is 0.243 e. The molecule has 0 N–H and O–H groups in total. The molecular formula is C13H16ClNO4S. The Bertz CT molecular complexity index is 565. The van der Waals surface area contributed by atoms with Crippen LogP contribution in [-0.4, -0.2) is 45.6 Å². The number of hydrogen-bond acceptors (Lipinski definition) is 4. The number of hydrogen-bond donors (Lipinski definition) is 0. The molecule has 110 valence electrons. The fraction of sp³-hybridized carbons (Fsp3) is 0.385. The second-order valence-corrected chi connectivity index (χ2v) is 6.77. The van der Waals surface area contributed by atoms with Crippen LogP contribution in [0.2, 0.25) is 0 Å². The molecule has 0 saturated carbocycles. The van der Waals surface area contributed by atoms with Crippen molar-refractivity contribution in [3.63, 3.8) is 0 Å². The van der Waals surface area contributed by atoms with Gasteiger partial charge in [0.15, 0.2) is 0 Å². The van der Waals surface area contributed by atoms with Gasteiger partial charge in [-0.3, -0.25) is 0 Å².